The number of nitrogen functional groups attached to an aromatic ring is 1. The molecule has 0 unspecified atom stereocenters. The van der Waals surface area contributed by atoms with Crippen molar-refractivity contribution >= 4 is 41.3 Å². The molecule has 2 atom stereocenters. The first-order valence-electron chi connectivity index (χ1n) is 5.96. The van der Waals surface area contributed by atoms with E-state index >= 15 is 0 Å². The van der Waals surface area contributed by atoms with Gasteiger partial charge in [0, 0.05) is 36.8 Å². The molecule has 1 aromatic heterocycles. The topological polar surface area (TPSA) is 54.2 Å². The standard InChI is InChI=1S/C11H18N4S.2ClH/c12-11-14-5-10(16-11)7-15-6-8-1-2-9(15)4-13-3-8;;/h5,8-9,13H,1-4,6-7H2,(H2,12,14);2*1H/t8-,9+;;/m1../s1. The number of hydrogen-bond acceptors (Lipinski definition) is 5. The molecule has 7 heteroatoms. The number of nitrogens with one attached hydrogen (secondary N) is 1. The lowest BCUT2D eigenvalue weighted by Gasteiger charge is -2.35. The highest BCUT2D eigenvalue weighted by atomic mass is 35.5. The molecule has 2 bridgehead atoms. The van der Waals surface area contributed by atoms with Crippen LogP contribution in [0, 0.1) is 5.92 Å². The Hall–Kier alpha value is -0.0700. The molecular weight excluding hydrogens is 291 g/mol. The molecule has 0 amide bonds. The minimum Gasteiger partial charge on any atom is -0.375 e. The van der Waals surface area contributed by atoms with E-state index in [0.29, 0.717) is 11.2 Å². The molecule has 18 heavy (non-hydrogen) atoms. The van der Waals surface area contributed by atoms with Crippen molar-refractivity contribution in [3.63, 3.8) is 0 Å². The highest BCUT2D eigenvalue weighted by Crippen LogP contribution is 2.27. The second-order valence-electron chi connectivity index (χ2n) is 4.85. The molecule has 3 N–H and O–H groups in total. The van der Waals surface area contributed by atoms with Gasteiger partial charge in [0.15, 0.2) is 5.13 Å². The largest absolute Gasteiger partial charge is 0.375 e. The molecule has 3 aliphatic heterocycles. The summed E-state index contributed by atoms with van der Waals surface area (Å²) in [6.45, 7) is 4.59. The quantitative estimate of drug-likeness (QED) is 0.874. The Labute approximate surface area is 124 Å². The van der Waals surface area contributed by atoms with Crippen molar-refractivity contribution in [2.24, 2.45) is 5.92 Å². The van der Waals surface area contributed by atoms with E-state index in [4.69, 9.17) is 5.73 Å². The number of piperidine rings is 1. The maximum absolute atomic E-state index is 5.67. The van der Waals surface area contributed by atoms with Crippen LogP contribution < -0.4 is 11.1 Å². The Morgan fingerprint density at radius 1 is 1.39 bits per heavy atom. The van der Waals surface area contributed by atoms with E-state index in [9.17, 15) is 0 Å². The number of nitrogens with zero attached hydrogens (tertiary/aromatic N) is 2. The van der Waals surface area contributed by atoms with Crippen molar-refractivity contribution in [2.45, 2.75) is 25.4 Å². The molecule has 3 aliphatic rings. The minimum atomic E-state index is 0. The number of nitrogens with two attached hydrogens (primary N) is 1. The fraction of sp³-hybridized carbons (Fsp3) is 0.727. The van der Waals surface area contributed by atoms with Crippen molar-refractivity contribution in [1.29, 1.82) is 0 Å². The van der Waals surface area contributed by atoms with Crippen LogP contribution in [0.5, 0.6) is 0 Å². The highest BCUT2D eigenvalue weighted by molar-refractivity contribution is 7.15. The average Bonchev–Trinajstić information content (AvgIpc) is 2.52. The van der Waals surface area contributed by atoms with Crippen LogP contribution in [0.3, 0.4) is 0 Å². The Balaban J connectivity index is 0.000000810. The highest BCUT2D eigenvalue weighted by Gasteiger charge is 2.31. The summed E-state index contributed by atoms with van der Waals surface area (Å²) in [6, 6.07) is 0.710. The van der Waals surface area contributed by atoms with Crippen molar-refractivity contribution in [2.75, 3.05) is 25.4 Å². The monoisotopic (exact) mass is 310 g/mol. The van der Waals surface area contributed by atoms with Gasteiger partial charge in [-0.1, -0.05) is 0 Å². The SMILES string of the molecule is Cl.Cl.Nc1ncc(CN2C[C@@H]3CC[C@H]2CNC3)s1. The predicted octanol–water partition coefficient (Wildman–Crippen LogP) is 1.75. The fourth-order valence-corrected chi connectivity index (χ4v) is 3.53. The van der Waals surface area contributed by atoms with Crippen LogP contribution >= 0.6 is 36.2 Å². The van der Waals surface area contributed by atoms with E-state index in [1.54, 1.807) is 11.3 Å². The first kappa shape index (κ1) is 16.0. The van der Waals surface area contributed by atoms with Crippen LogP contribution in [0.25, 0.3) is 0 Å². The first-order valence-corrected chi connectivity index (χ1v) is 6.78. The number of fused-ring (bicyclic) bond motifs is 4. The number of hydrogen-bond donors (Lipinski definition) is 2. The van der Waals surface area contributed by atoms with Crippen molar-refractivity contribution in [3.05, 3.63) is 11.1 Å². The smallest absolute Gasteiger partial charge is 0.180 e. The number of halogens is 2. The number of aromatic nitrogens is 1. The molecule has 0 aromatic carbocycles. The Morgan fingerprint density at radius 2 is 2.22 bits per heavy atom. The molecule has 1 aromatic rings. The van der Waals surface area contributed by atoms with Gasteiger partial charge in [-0.2, -0.15) is 0 Å². The van der Waals surface area contributed by atoms with Crippen LogP contribution in [-0.2, 0) is 6.54 Å². The van der Waals surface area contributed by atoms with Crippen LogP contribution in [0.15, 0.2) is 6.20 Å². The van der Waals surface area contributed by atoms with Gasteiger partial charge in [-0.05, 0) is 25.3 Å². The predicted molar refractivity (Wildman–Crippen MR) is 80.8 cm³/mol. The fourth-order valence-electron chi connectivity index (χ4n) is 2.82. The molecule has 4 nitrogen and oxygen atoms in total. The second-order valence-corrected chi connectivity index (χ2v) is 6.00. The summed E-state index contributed by atoms with van der Waals surface area (Å²) >= 11 is 1.62. The Bertz CT molecular complexity index is 370. The summed E-state index contributed by atoms with van der Waals surface area (Å²) in [5.41, 5.74) is 5.67. The molecule has 0 aliphatic carbocycles. The number of rotatable bonds is 2. The molecule has 0 saturated carbocycles. The molecule has 3 fully saturated rings. The van der Waals surface area contributed by atoms with Crippen LogP contribution in [0.4, 0.5) is 5.13 Å². The van der Waals surface area contributed by atoms with Gasteiger partial charge in [-0.25, -0.2) is 4.98 Å². The second kappa shape index (κ2) is 6.91. The number of thiazole rings is 1. The van der Waals surface area contributed by atoms with Gasteiger partial charge in [0.1, 0.15) is 0 Å². The van der Waals surface area contributed by atoms with Gasteiger partial charge >= 0.3 is 0 Å². The Morgan fingerprint density at radius 3 is 2.94 bits per heavy atom. The molecule has 0 spiro atoms. The van der Waals surface area contributed by atoms with E-state index in [2.05, 4.69) is 15.2 Å². The van der Waals surface area contributed by atoms with Crippen LogP contribution in [0.1, 0.15) is 17.7 Å². The first-order chi connectivity index (χ1) is 7.81. The zero-order valence-corrected chi connectivity index (χ0v) is 12.6. The summed E-state index contributed by atoms with van der Waals surface area (Å²) in [4.78, 5) is 8.02. The molecule has 4 rings (SSSR count). The summed E-state index contributed by atoms with van der Waals surface area (Å²) in [7, 11) is 0. The molecule has 4 heterocycles. The van der Waals surface area contributed by atoms with Crippen molar-refractivity contribution in [3.8, 4) is 0 Å². The third-order valence-corrected chi connectivity index (χ3v) is 4.47. The zero-order chi connectivity index (χ0) is 11.0. The van der Waals surface area contributed by atoms with Crippen LogP contribution in [-0.4, -0.2) is 35.6 Å². The number of anilines is 1. The average molecular weight is 311 g/mol. The van der Waals surface area contributed by atoms with Crippen LogP contribution in [0.2, 0.25) is 0 Å². The van der Waals surface area contributed by atoms with Gasteiger partial charge in [0.05, 0.1) is 0 Å². The van der Waals surface area contributed by atoms with E-state index in [-0.39, 0.29) is 24.8 Å². The zero-order valence-electron chi connectivity index (χ0n) is 10.2. The third kappa shape index (κ3) is 3.48. The van der Waals surface area contributed by atoms with E-state index in [1.807, 2.05) is 6.20 Å². The maximum Gasteiger partial charge on any atom is 0.180 e. The van der Waals surface area contributed by atoms with Gasteiger partial charge < -0.3 is 11.1 Å². The summed E-state index contributed by atoms with van der Waals surface area (Å²) < 4.78 is 0. The minimum absolute atomic E-state index is 0. The van der Waals surface area contributed by atoms with Gasteiger partial charge in [0.2, 0.25) is 0 Å². The van der Waals surface area contributed by atoms with E-state index in [0.717, 1.165) is 19.0 Å². The lowest BCUT2D eigenvalue weighted by molar-refractivity contribution is 0.127. The normalized spacial score (nSPS) is 27.1. The summed E-state index contributed by atoms with van der Waals surface area (Å²) in [6.07, 6.45) is 4.65. The summed E-state index contributed by atoms with van der Waals surface area (Å²) in [5.74, 6) is 0.837. The lowest BCUT2D eigenvalue weighted by atomic mass is 9.95. The van der Waals surface area contributed by atoms with Crippen molar-refractivity contribution in [1.82, 2.24) is 15.2 Å². The van der Waals surface area contributed by atoms with Crippen molar-refractivity contribution < 1.29 is 0 Å². The molecule has 0 radical (unpaired) electrons. The van der Waals surface area contributed by atoms with Gasteiger partial charge in [-0.15, -0.1) is 36.2 Å². The van der Waals surface area contributed by atoms with E-state index in [1.165, 1.54) is 30.8 Å². The molecule has 104 valence electrons. The lowest BCUT2D eigenvalue weighted by Crippen LogP contribution is -2.42. The van der Waals surface area contributed by atoms with Gasteiger partial charge in [0.25, 0.3) is 0 Å². The van der Waals surface area contributed by atoms with E-state index < -0.39 is 0 Å². The van der Waals surface area contributed by atoms with Gasteiger partial charge in [-0.3, -0.25) is 4.90 Å². The maximum atomic E-state index is 5.67. The third-order valence-electron chi connectivity index (χ3n) is 3.66. The summed E-state index contributed by atoms with van der Waals surface area (Å²) in [5, 5.41) is 4.24. The Kier molecular flexibility index (Phi) is 6.14. The molecule has 3 saturated heterocycles. The molecular formula is C11H20Cl2N4S.